The Morgan fingerprint density at radius 2 is 1.80 bits per heavy atom. The molecular weight excluding hydrogens is 392 g/mol. The van der Waals surface area contributed by atoms with Crippen LogP contribution in [0.25, 0.3) is 0 Å². The Kier molecular flexibility index (Phi) is 5.31. The summed E-state index contributed by atoms with van der Waals surface area (Å²) in [7, 11) is 3.10. The van der Waals surface area contributed by atoms with Gasteiger partial charge in [0.1, 0.15) is 34.9 Å². The van der Waals surface area contributed by atoms with Crippen LogP contribution in [0.1, 0.15) is 17.3 Å². The molecule has 0 unspecified atom stereocenters. The van der Waals surface area contributed by atoms with E-state index >= 15 is 0 Å². The van der Waals surface area contributed by atoms with Gasteiger partial charge in [-0.25, -0.2) is 13.6 Å². The van der Waals surface area contributed by atoms with Gasteiger partial charge in [-0.15, -0.1) is 0 Å². The van der Waals surface area contributed by atoms with Gasteiger partial charge in [-0.3, -0.25) is 0 Å². The molecule has 6 nitrogen and oxygen atoms in total. The first-order chi connectivity index (χ1) is 14.5. The van der Waals surface area contributed by atoms with E-state index in [-0.39, 0.29) is 0 Å². The number of nitrogens with zero attached hydrogens (tertiary/aromatic N) is 2. The number of fused-ring (bicyclic) bond motifs is 1. The summed E-state index contributed by atoms with van der Waals surface area (Å²) in [5.41, 5.74) is 1.14. The van der Waals surface area contributed by atoms with Crippen molar-refractivity contribution >= 4 is 11.7 Å². The maximum Gasteiger partial charge on any atom is 0.322 e. The van der Waals surface area contributed by atoms with Crippen molar-refractivity contribution in [1.29, 1.82) is 0 Å². The zero-order chi connectivity index (χ0) is 21.3. The van der Waals surface area contributed by atoms with Crippen LogP contribution < -0.4 is 14.8 Å². The van der Waals surface area contributed by atoms with Gasteiger partial charge in [-0.05, 0) is 36.4 Å². The highest BCUT2D eigenvalue weighted by Gasteiger charge is 2.34. The third-order valence-corrected chi connectivity index (χ3v) is 5.23. The van der Waals surface area contributed by atoms with E-state index in [4.69, 9.17) is 9.47 Å². The smallest absolute Gasteiger partial charge is 0.322 e. The number of carbonyl (C=O) groups excluding carboxylic acids is 1. The van der Waals surface area contributed by atoms with Crippen LogP contribution >= 0.6 is 0 Å². The van der Waals surface area contributed by atoms with Gasteiger partial charge in [0.2, 0.25) is 0 Å². The molecule has 2 aromatic carbocycles. The number of para-hydroxylation sites is 1. The summed E-state index contributed by atoms with van der Waals surface area (Å²) in [6.07, 6.45) is 1.93. The van der Waals surface area contributed by atoms with Crippen LogP contribution in [0, 0.1) is 11.6 Å². The van der Waals surface area contributed by atoms with Crippen LogP contribution in [0.3, 0.4) is 0 Å². The highest BCUT2D eigenvalue weighted by Crippen LogP contribution is 2.39. The fourth-order valence-corrected chi connectivity index (χ4v) is 3.77. The lowest BCUT2D eigenvalue weighted by molar-refractivity contribution is 0.180. The number of hydrogen-bond donors (Lipinski definition) is 1. The monoisotopic (exact) mass is 413 g/mol. The van der Waals surface area contributed by atoms with E-state index in [1.165, 1.54) is 6.07 Å². The van der Waals surface area contributed by atoms with E-state index in [0.29, 0.717) is 24.6 Å². The van der Waals surface area contributed by atoms with Crippen LogP contribution in [0.15, 0.2) is 54.7 Å². The Bertz CT molecular complexity index is 1060. The molecule has 4 rings (SSSR count). The van der Waals surface area contributed by atoms with Crippen LogP contribution in [0.4, 0.5) is 19.3 Å². The quantitative estimate of drug-likeness (QED) is 0.689. The summed E-state index contributed by atoms with van der Waals surface area (Å²) >= 11 is 0. The lowest BCUT2D eigenvalue weighted by atomic mass is 9.99. The minimum atomic E-state index is -0.831. The van der Waals surface area contributed by atoms with Gasteiger partial charge in [-0.2, -0.15) is 0 Å². The summed E-state index contributed by atoms with van der Waals surface area (Å²) in [6.45, 7) is 0.911. The number of anilines is 1. The summed E-state index contributed by atoms with van der Waals surface area (Å²) in [6, 6.07) is 11.5. The van der Waals surface area contributed by atoms with E-state index in [1.807, 2.05) is 29.0 Å². The Morgan fingerprint density at radius 1 is 1.03 bits per heavy atom. The van der Waals surface area contributed by atoms with Crippen molar-refractivity contribution in [2.45, 2.75) is 12.6 Å². The van der Waals surface area contributed by atoms with Crippen molar-refractivity contribution < 1.29 is 23.0 Å². The molecule has 8 heteroatoms. The minimum absolute atomic E-state index is 0.351. The average molecular weight is 413 g/mol. The molecule has 0 saturated carbocycles. The Balaban J connectivity index is 1.75. The topological polar surface area (TPSA) is 55.7 Å². The molecule has 156 valence electrons. The van der Waals surface area contributed by atoms with Crippen molar-refractivity contribution in [3.63, 3.8) is 0 Å². The zero-order valence-corrected chi connectivity index (χ0v) is 16.6. The highest BCUT2D eigenvalue weighted by molar-refractivity contribution is 5.90. The van der Waals surface area contributed by atoms with Crippen molar-refractivity contribution in [2.24, 2.45) is 0 Å². The lowest BCUT2D eigenvalue weighted by Crippen LogP contribution is -2.44. The second-order valence-electron chi connectivity index (χ2n) is 6.86. The largest absolute Gasteiger partial charge is 0.497 e. The number of urea groups is 1. The highest BCUT2D eigenvalue weighted by atomic mass is 19.1. The molecule has 1 atom stereocenters. The van der Waals surface area contributed by atoms with Gasteiger partial charge in [-0.1, -0.05) is 6.07 Å². The summed E-state index contributed by atoms with van der Waals surface area (Å²) < 4.78 is 41.0. The second kappa shape index (κ2) is 8.06. The van der Waals surface area contributed by atoms with E-state index in [2.05, 4.69) is 5.32 Å². The predicted octanol–water partition coefficient (Wildman–Crippen LogP) is 4.42. The molecular formula is C22H21F2N3O3. The lowest BCUT2D eigenvalue weighted by Gasteiger charge is -2.37. The maximum atomic E-state index is 14.1. The summed E-state index contributed by atoms with van der Waals surface area (Å²) in [4.78, 5) is 14.7. The van der Waals surface area contributed by atoms with Crippen LogP contribution in [-0.2, 0) is 6.54 Å². The fraction of sp³-hybridized carbons (Fsp3) is 0.227. The molecule has 3 aromatic rings. The Morgan fingerprint density at radius 3 is 2.50 bits per heavy atom. The van der Waals surface area contributed by atoms with Crippen molar-refractivity contribution in [1.82, 2.24) is 9.47 Å². The molecule has 1 aliphatic rings. The zero-order valence-electron chi connectivity index (χ0n) is 16.6. The molecule has 1 N–H and O–H groups in total. The number of hydrogen-bond acceptors (Lipinski definition) is 3. The molecule has 0 fully saturated rings. The van der Waals surface area contributed by atoms with E-state index in [0.717, 1.165) is 23.4 Å². The van der Waals surface area contributed by atoms with E-state index in [9.17, 15) is 13.6 Å². The Labute approximate surface area is 172 Å². The molecule has 0 radical (unpaired) electrons. The third kappa shape index (κ3) is 3.45. The number of nitrogens with one attached hydrogen (secondary N) is 1. The number of aromatic nitrogens is 1. The normalized spacial score (nSPS) is 15.5. The van der Waals surface area contributed by atoms with Gasteiger partial charge in [0.05, 0.1) is 14.2 Å². The number of ether oxygens (including phenoxy) is 2. The van der Waals surface area contributed by atoms with Gasteiger partial charge in [0, 0.05) is 36.6 Å². The number of amides is 2. The Hall–Kier alpha value is -3.55. The number of methoxy groups -OCH3 is 2. The van der Waals surface area contributed by atoms with Crippen molar-refractivity contribution in [3.8, 4) is 11.5 Å². The summed E-state index contributed by atoms with van der Waals surface area (Å²) in [5.74, 6) is -0.500. The standard InChI is InChI=1S/C22H21F2N3O3/c1-29-14-8-9-15(19(13-14)30-2)21-18-7-4-10-26(18)11-12-27(21)22(28)25-20-16(23)5-3-6-17(20)24/h3-10,13,21H,11-12H2,1-2H3,(H,25,28)/t21-/m1/s1. The van der Waals surface area contributed by atoms with Gasteiger partial charge in [0.15, 0.2) is 0 Å². The number of carbonyl (C=O) groups is 1. The van der Waals surface area contributed by atoms with Crippen LogP contribution in [-0.4, -0.2) is 36.3 Å². The van der Waals surface area contributed by atoms with Gasteiger partial charge < -0.3 is 24.3 Å². The molecule has 30 heavy (non-hydrogen) atoms. The van der Waals surface area contributed by atoms with Crippen molar-refractivity contribution in [2.75, 3.05) is 26.1 Å². The first kappa shape index (κ1) is 19.8. The molecule has 0 spiro atoms. The van der Waals surface area contributed by atoms with Crippen LogP contribution in [0.5, 0.6) is 11.5 Å². The number of benzene rings is 2. The second-order valence-corrected chi connectivity index (χ2v) is 6.86. The van der Waals surface area contributed by atoms with Gasteiger partial charge in [0.25, 0.3) is 0 Å². The molecule has 2 amide bonds. The maximum absolute atomic E-state index is 14.1. The van der Waals surface area contributed by atoms with E-state index < -0.39 is 29.4 Å². The fourth-order valence-electron chi connectivity index (χ4n) is 3.77. The number of halogens is 2. The molecule has 0 saturated heterocycles. The SMILES string of the molecule is COc1ccc([C@@H]2c3cccn3CCN2C(=O)Nc2c(F)cccc2F)c(OC)c1. The average Bonchev–Trinajstić information content (AvgIpc) is 3.24. The van der Waals surface area contributed by atoms with Crippen LogP contribution in [0.2, 0.25) is 0 Å². The first-order valence-corrected chi connectivity index (χ1v) is 9.42. The molecule has 0 bridgehead atoms. The molecule has 0 aliphatic carbocycles. The van der Waals surface area contributed by atoms with E-state index in [1.54, 1.807) is 31.3 Å². The third-order valence-electron chi connectivity index (χ3n) is 5.23. The predicted molar refractivity (Wildman–Crippen MR) is 108 cm³/mol. The molecule has 1 aromatic heterocycles. The minimum Gasteiger partial charge on any atom is -0.497 e. The first-order valence-electron chi connectivity index (χ1n) is 9.42. The van der Waals surface area contributed by atoms with Crippen molar-refractivity contribution in [3.05, 3.63) is 77.6 Å². The summed E-state index contributed by atoms with van der Waals surface area (Å²) in [5, 5.41) is 2.39. The number of rotatable bonds is 4. The molecule has 1 aliphatic heterocycles. The molecule has 2 heterocycles. The van der Waals surface area contributed by atoms with Gasteiger partial charge >= 0.3 is 6.03 Å².